The Hall–Kier alpha value is -4.40. The molecule has 0 N–H and O–H groups in total. The Morgan fingerprint density at radius 1 is 0.659 bits per heavy atom. The lowest BCUT2D eigenvalue weighted by Gasteiger charge is -2.35. The summed E-state index contributed by atoms with van der Waals surface area (Å²) in [5, 5.41) is 5.31. The smallest absolute Gasteiger partial charge is 0.0541 e. The maximum atomic E-state index is 2.45. The van der Waals surface area contributed by atoms with Crippen LogP contribution in [0.3, 0.4) is 0 Å². The molecule has 0 spiro atoms. The van der Waals surface area contributed by atoms with Gasteiger partial charge in [-0.25, -0.2) is 0 Å². The van der Waals surface area contributed by atoms with Crippen molar-refractivity contribution in [2.45, 2.75) is 32.6 Å². The monoisotopic (exact) mass is 545 g/mol. The summed E-state index contributed by atoms with van der Waals surface area (Å²) in [4.78, 5) is 0. The number of allylic oxidation sites excluding steroid dienone is 4. The number of hydrogen-bond donors (Lipinski definition) is 0. The molecule has 0 bridgehead atoms. The maximum Gasteiger partial charge on any atom is 0.0541 e. The van der Waals surface area contributed by atoms with Crippen LogP contribution in [0.2, 0.25) is 0 Å². The number of rotatable bonds is 3. The van der Waals surface area contributed by atoms with Gasteiger partial charge in [0.05, 0.1) is 11.0 Å². The van der Waals surface area contributed by atoms with Gasteiger partial charge in [0.1, 0.15) is 0 Å². The molecule has 1 nitrogen and oxygen atoms in total. The van der Waals surface area contributed by atoms with Gasteiger partial charge < -0.3 is 4.57 Å². The summed E-state index contributed by atoms with van der Waals surface area (Å²) >= 11 is 1.89. The molecule has 2 aromatic heterocycles. The zero-order valence-electron chi connectivity index (χ0n) is 23.6. The summed E-state index contributed by atoms with van der Waals surface area (Å²) in [6.45, 7) is 6.99. The predicted molar refractivity (Wildman–Crippen MR) is 179 cm³/mol. The Balaban J connectivity index is 1.16. The quantitative estimate of drug-likeness (QED) is 0.208. The van der Waals surface area contributed by atoms with E-state index in [1.54, 1.807) is 0 Å². The molecular weight excluding hydrogens is 515 g/mol. The second-order valence-corrected chi connectivity index (χ2v) is 12.8. The minimum absolute atomic E-state index is 0.0331. The largest absolute Gasteiger partial charge is 0.309 e. The summed E-state index contributed by atoms with van der Waals surface area (Å²) in [5.74, 6) is 0. The first kappa shape index (κ1) is 24.4. The van der Waals surface area contributed by atoms with Gasteiger partial charge in [-0.15, -0.1) is 11.3 Å². The van der Waals surface area contributed by atoms with E-state index in [1.807, 2.05) is 11.3 Å². The number of nitrogens with zero attached hydrogens (tertiary/aromatic N) is 1. The third-order valence-electron chi connectivity index (χ3n) is 9.33. The van der Waals surface area contributed by atoms with Crippen molar-refractivity contribution < 1.29 is 0 Å². The summed E-state index contributed by atoms with van der Waals surface area (Å²) < 4.78 is 5.13. The Labute approximate surface area is 244 Å². The van der Waals surface area contributed by atoms with Crippen LogP contribution < -0.4 is 0 Å². The molecule has 1 unspecified atom stereocenters. The van der Waals surface area contributed by atoms with Gasteiger partial charge in [-0.3, -0.25) is 0 Å². The topological polar surface area (TPSA) is 4.93 Å². The van der Waals surface area contributed by atoms with Crippen molar-refractivity contribution in [3.8, 4) is 5.69 Å². The molecule has 198 valence electrons. The molecule has 8 rings (SSSR count). The molecule has 0 amide bonds. The van der Waals surface area contributed by atoms with E-state index in [-0.39, 0.29) is 5.41 Å². The van der Waals surface area contributed by atoms with Gasteiger partial charge in [0, 0.05) is 42.0 Å². The second kappa shape index (κ2) is 9.06. The fourth-order valence-electron chi connectivity index (χ4n) is 6.96. The standard InChI is InChI=1S/C39H31NS/c1-25-22-29(40-35-13-7-4-10-30(35)31-11-5-8-14-36(31)40)17-19-34(25)39(3)21-20-28(23-26(39)2)27-16-18-33-32-12-6-9-15-37(32)41-38(33)24-27/h4-20,22-24H,21H2,1-3H3. The molecule has 0 radical (unpaired) electrons. The van der Waals surface area contributed by atoms with Crippen LogP contribution in [0.4, 0.5) is 0 Å². The van der Waals surface area contributed by atoms with Gasteiger partial charge >= 0.3 is 0 Å². The number of aromatic nitrogens is 1. The molecule has 5 aromatic carbocycles. The van der Waals surface area contributed by atoms with Crippen LogP contribution in [0, 0.1) is 6.92 Å². The van der Waals surface area contributed by atoms with Crippen LogP contribution >= 0.6 is 11.3 Å². The highest BCUT2D eigenvalue weighted by Crippen LogP contribution is 2.44. The van der Waals surface area contributed by atoms with Crippen molar-refractivity contribution in [3.63, 3.8) is 0 Å². The lowest BCUT2D eigenvalue weighted by atomic mass is 9.69. The number of hydrogen-bond acceptors (Lipinski definition) is 1. The number of thiophene rings is 1. The van der Waals surface area contributed by atoms with Gasteiger partial charge in [-0.1, -0.05) is 97.4 Å². The van der Waals surface area contributed by atoms with Crippen molar-refractivity contribution in [2.75, 3.05) is 0 Å². The van der Waals surface area contributed by atoms with E-state index in [0.29, 0.717) is 0 Å². The van der Waals surface area contributed by atoms with Gasteiger partial charge in [-0.2, -0.15) is 0 Å². The lowest BCUT2D eigenvalue weighted by Crippen LogP contribution is -2.26. The molecule has 2 heteroatoms. The van der Waals surface area contributed by atoms with Crippen LogP contribution in [-0.2, 0) is 5.41 Å². The summed E-state index contributed by atoms with van der Waals surface area (Å²) in [6, 6.07) is 40.2. The van der Waals surface area contributed by atoms with E-state index in [2.05, 4.69) is 147 Å². The molecule has 0 saturated heterocycles. The highest BCUT2D eigenvalue weighted by molar-refractivity contribution is 7.25. The fraction of sp³-hybridized carbons (Fsp3) is 0.128. The molecular formula is C39H31NS. The van der Waals surface area contributed by atoms with E-state index in [4.69, 9.17) is 0 Å². The maximum absolute atomic E-state index is 2.45. The Bertz CT molecular complexity index is 2170. The lowest BCUT2D eigenvalue weighted by molar-refractivity contribution is 0.558. The minimum Gasteiger partial charge on any atom is -0.309 e. The van der Waals surface area contributed by atoms with Crippen LogP contribution in [0.25, 0.3) is 53.2 Å². The first-order valence-electron chi connectivity index (χ1n) is 14.4. The number of benzene rings is 5. The normalized spacial score (nSPS) is 17.4. The summed E-state index contributed by atoms with van der Waals surface area (Å²) in [7, 11) is 0. The Morgan fingerprint density at radius 2 is 1.32 bits per heavy atom. The van der Waals surface area contributed by atoms with Crippen molar-refractivity contribution in [1.29, 1.82) is 0 Å². The molecule has 1 atom stereocenters. The minimum atomic E-state index is -0.0331. The van der Waals surface area contributed by atoms with Gasteiger partial charge in [0.25, 0.3) is 0 Å². The van der Waals surface area contributed by atoms with Gasteiger partial charge in [0.2, 0.25) is 0 Å². The number of para-hydroxylation sites is 2. The molecule has 2 heterocycles. The molecule has 7 aromatic rings. The van der Waals surface area contributed by atoms with Gasteiger partial charge in [-0.05, 0) is 78.9 Å². The third kappa shape index (κ3) is 3.67. The van der Waals surface area contributed by atoms with E-state index in [0.717, 1.165) is 6.42 Å². The number of aryl methyl sites for hydroxylation is 1. The molecule has 0 aliphatic heterocycles. The van der Waals surface area contributed by atoms with Crippen molar-refractivity contribution in [1.82, 2.24) is 4.57 Å². The van der Waals surface area contributed by atoms with Crippen LogP contribution in [0.15, 0.2) is 127 Å². The first-order chi connectivity index (χ1) is 20.0. The third-order valence-corrected chi connectivity index (χ3v) is 10.5. The SMILES string of the molecule is CC1=CC(c2ccc3c(c2)sc2ccccc23)=CCC1(C)c1ccc(-n2c3ccccc3c3ccccc32)cc1C. The molecule has 1 aliphatic rings. The van der Waals surface area contributed by atoms with E-state index in [9.17, 15) is 0 Å². The summed E-state index contributed by atoms with van der Waals surface area (Å²) in [6.07, 6.45) is 5.85. The van der Waals surface area contributed by atoms with Crippen molar-refractivity contribution in [2.24, 2.45) is 0 Å². The fourth-order valence-corrected chi connectivity index (χ4v) is 8.11. The van der Waals surface area contributed by atoms with Crippen LogP contribution in [0.1, 0.15) is 37.0 Å². The average molecular weight is 546 g/mol. The van der Waals surface area contributed by atoms with Crippen molar-refractivity contribution in [3.05, 3.63) is 144 Å². The zero-order chi connectivity index (χ0) is 27.7. The van der Waals surface area contributed by atoms with Crippen molar-refractivity contribution >= 4 is 58.9 Å². The van der Waals surface area contributed by atoms with E-state index >= 15 is 0 Å². The Morgan fingerprint density at radius 3 is 2.02 bits per heavy atom. The average Bonchev–Trinajstić information content (AvgIpc) is 3.54. The zero-order valence-corrected chi connectivity index (χ0v) is 24.4. The van der Waals surface area contributed by atoms with E-state index in [1.165, 1.54) is 75.5 Å². The molecule has 0 saturated carbocycles. The molecule has 41 heavy (non-hydrogen) atoms. The van der Waals surface area contributed by atoms with Crippen LogP contribution in [-0.4, -0.2) is 4.57 Å². The second-order valence-electron chi connectivity index (χ2n) is 11.7. The first-order valence-corrected chi connectivity index (χ1v) is 15.2. The van der Waals surface area contributed by atoms with E-state index < -0.39 is 0 Å². The number of fused-ring (bicyclic) bond motifs is 6. The highest BCUT2D eigenvalue weighted by atomic mass is 32.1. The van der Waals surface area contributed by atoms with Crippen LogP contribution in [0.5, 0.6) is 0 Å². The summed E-state index contributed by atoms with van der Waals surface area (Å²) in [5.41, 5.74) is 10.5. The molecule has 1 aliphatic carbocycles. The molecule has 0 fully saturated rings. The Kier molecular flexibility index (Phi) is 5.39. The highest BCUT2D eigenvalue weighted by Gasteiger charge is 2.32. The van der Waals surface area contributed by atoms with Gasteiger partial charge in [0.15, 0.2) is 0 Å². The predicted octanol–water partition coefficient (Wildman–Crippen LogP) is 11.2.